The highest BCUT2D eigenvalue weighted by Gasteiger charge is 2.22. The summed E-state index contributed by atoms with van der Waals surface area (Å²) in [7, 11) is 0. The van der Waals surface area contributed by atoms with Crippen molar-refractivity contribution in [3.63, 3.8) is 0 Å². The predicted octanol–water partition coefficient (Wildman–Crippen LogP) is 2.28. The van der Waals surface area contributed by atoms with E-state index in [0.29, 0.717) is 17.7 Å². The Hall–Kier alpha value is -0.690. The van der Waals surface area contributed by atoms with Gasteiger partial charge in [-0.15, -0.1) is 23.7 Å². The Labute approximate surface area is 136 Å². The number of aryl methyl sites for hydroxylation is 1. The van der Waals surface area contributed by atoms with E-state index in [1.807, 2.05) is 12.3 Å². The number of aromatic nitrogens is 1. The number of halogens is 1. The van der Waals surface area contributed by atoms with Gasteiger partial charge in [0.1, 0.15) is 0 Å². The number of carbonyl (C=O) groups is 1. The lowest BCUT2D eigenvalue weighted by molar-refractivity contribution is -0.118. The van der Waals surface area contributed by atoms with Gasteiger partial charge in [0.05, 0.1) is 12.2 Å². The van der Waals surface area contributed by atoms with Crippen LogP contribution in [0, 0.1) is 6.92 Å². The van der Waals surface area contributed by atoms with Crippen LogP contribution in [0.4, 0.5) is 5.13 Å². The molecule has 2 N–H and O–H groups in total. The third-order valence-corrected chi connectivity index (χ3v) is 4.42. The molecule has 0 aromatic carbocycles. The smallest absolute Gasteiger partial charge is 0.240 e. The van der Waals surface area contributed by atoms with Gasteiger partial charge in [0.2, 0.25) is 5.91 Å². The van der Waals surface area contributed by atoms with E-state index >= 15 is 0 Å². The van der Waals surface area contributed by atoms with Crippen LogP contribution in [0.25, 0.3) is 0 Å². The van der Waals surface area contributed by atoms with Crippen LogP contribution in [-0.4, -0.2) is 48.0 Å². The van der Waals surface area contributed by atoms with Crippen molar-refractivity contribution in [2.24, 2.45) is 0 Å². The van der Waals surface area contributed by atoms with Gasteiger partial charge >= 0.3 is 0 Å². The molecule has 1 aliphatic heterocycles. The van der Waals surface area contributed by atoms with Crippen molar-refractivity contribution >= 4 is 34.8 Å². The molecule has 0 unspecified atom stereocenters. The minimum atomic E-state index is 0. The number of nitrogens with zero attached hydrogens (tertiary/aromatic N) is 2. The molecule has 2 heterocycles. The number of piperidine rings is 1. The molecule has 0 aliphatic carbocycles. The van der Waals surface area contributed by atoms with Gasteiger partial charge < -0.3 is 10.6 Å². The quantitative estimate of drug-likeness (QED) is 0.839. The third kappa shape index (κ3) is 5.90. The summed E-state index contributed by atoms with van der Waals surface area (Å²) in [6, 6.07) is 0.528. The third-order valence-electron chi connectivity index (χ3n) is 3.55. The molecule has 1 aliphatic rings. The first-order valence-corrected chi connectivity index (χ1v) is 8.23. The Kier molecular flexibility index (Phi) is 8.18. The minimum absolute atomic E-state index is 0. The van der Waals surface area contributed by atoms with E-state index in [1.165, 1.54) is 11.3 Å². The summed E-state index contributed by atoms with van der Waals surface area (Å²) in [4.78, 5) is 18.7. The van der Waals surface area contributed by atoms with Gasteiger partial charge in [0.15, 0.2) is 5.13 Å². The van der Waals surface area contributed by atoms with Gasteiger partial charge in [0, 0.05) is 11.4 Å². The molecule has 0 spiro atoms. The highest BCUT2D eigenvalue weighted by Crippen LogP contribution is 2.16. The summed E-state index contributed by atoms with van der Waals surface area (Å²) in [6.45, 7) is 7.66. The van der Waals surface area contributed by atoms with Crippen LogP contribution in [0.2, 0.25) is 0 Å². The van der Waals surface area contributed by atoms with Gasteiger partial charge in [-0.1, -0.05) is 6.92 Å². The SMILES string of the molecule is CCCN(CC(=O)Nc1nc(C)cs1)C1CCNCC1.Cl. The molecule has 5 nitrogen and oxygen atoms in total. The van der Waals surface area contributed by atoms with E-state index in [4.69, 9.17) is 0 Å². The van der Waals surface area contributed by atoms with Crippen molar-refractivity contribution in [1.29, 1.82) is 0 Å². The molecule has 1 saturated heterocycles. The number of rotatable bonds is 6. The Balaban J connectivity index is 0.00000220. The minimum Gasteiger partial charge on any atom is -0.317 e. The van der Waals surface area contributed by atoms with E-state index in [1.54, 1.807) is 0 Å². The fourth-order valence-corrected chi connectivity index (χ4v) is 3.31. The van der Waals surface area contributed by atoms with Crippen molar-refractivity contribution in [1.82, 2.24) is 15.2 Å². The van der Waals surface area contributed by atoms with E-state index in [-0.39, 0.29) is 18.3 Å². The normalized spacial score (nSPS) is 15.8. The molecule has 0 bridgehead atoms. The van der Waals surface area contributed by atoms with E-state index in [9.17, 15) is 4.79 Å². The zero-order chi connectivity index (χ0) is 14.4. The van der Waals surface area contributed by atoms with E-state index in [2.05, 4.69) is 27.4 Å². The van der Waals surface area contributed by atoms with Crippen molar-refractivity contribution in [2.75, 3.05) is 31.5 Å². The zero-order valence-electron chi connectivity index (χ0n) is 12.7. The zero-order valence-corrected chi connectivity index (χ0v) is 14.4. The van der Waals surface area contributed by atoms with Crippen LogP contribution < -0.4 is 10.6 Å². The number of thiazole rings is 1. The largest absolute Gasteiger partial charge is 0.317 e. The van der Waals surface area contributed by atoms with Gasteiger partial charge in [-0.3, -0.25) is 9.69 Å². The second-order valence-corrected chi connectivity index (χ2v) is 6.15. The second kappa shape index (κ2) is 9.35. The maximum atomic E-state index is 12.1. The molecular formula is C14H25ClN4OS. The van der Waals surface area contributed by atoms with Gasteiger partial charge in [-0.2, -0.15) is 0 Å². The predicted molar refractivity (Wildman–Crippen MR) is 90.5 cm³/mol. The number of hydrogen-bond acceptors (Lipinski definition) is 5. The van der Waals surface area contributed by atoms with Crippen LogP contribution in [-0.2, 0) is 4.79 Å². The van der Waals surface area contributed by atoms with Gasteiger partial charge in [0.25, 0.3) is 0 Å². The number of hydrogen-bond donors (Lipinski definition) is 2. The van der Waals surface area contributed by atoms with Crippen molar-refractivity contribution in [3.05, 3.63) is 11.1 Å². The Morgan fingerprint density at radius 1 is 1.52 bits per heavy atom. The first-order chi connectivity index (χ1) is 9.69. The summed E-state index contributed by atoms with van der Waals surface area (Å²) in [6.07, 6.45) is 3.33. The van der Waals surface area contributed by atoms with Crippen LogP contribution in [0.15, 0.2) is 5.38 Å². The second-order valence-electron chi connectivity index (χ2n) is 5.29. The van der Waals surface area contributed by atoms with Crippen LogP contribution in [0.5, 0.6) is 0 Å². The molecule has 0 saturated carbocycles. The average Bonchev–Trinajstić information content (AvgIpc) is 2.84. The molecular weight excluding hydrogens is 308 g/mol. The van der Waals surface area contributed by atoms with Crippen molar-refractivity contribution < 1.29 is 4.79 Å². The lowest BCUT2D eigenvalue weighted by Gasteiger charge is -2.33. The Morgan fingerprint density at radius 3 is 2.81 bits per heavy atom. The van der Waals surface area contributed by atoms with E-state index < -0.39 is 0 Å². The lowest BCUT2D eigenvalue weighted by atomic mass is 10.0. The average molecular weight is 333 g/mol. The summed E-state index contributed by atoms with van der Waals surface area (Å²) in [5, 5.41) is 8.93. The molecule has 0 atom stereocenters. The van der Waals surface area contributed by atoms with Crippen LogP contribution in [0.1, 0.15) is 31.9 Å². The summed E-state index contributed by atoms with van der Waals surface area (Å²) < 4.78 is 0. The Bertz CT molecular complexity index is 434. The van der Waals surface area contributed by atoms with E-state index in [0.717, 1.165) is 44.6 Å². The maximum absolute atomic E-state index is 12.1. The number of nitrogens with one attached hydrogen (secondary N) is 2. The van der Waals surface area contributed by atoms with Crippen molar-refractivity contribution in [3.8, 4) is 0 Å². The van der Waals surface area contributed by atoms with Gasteiger partial charge in [-0.05, 0) is 45.8 Å². The fourth-order valence-electron chi connectivity index (χ4n) is 2.60. The first-order valence-electron chi connectivity index (χ1n) is 7.35. The molecule has 7 heteroatoms. The first kappa shape index (κ1) is 18.4. The summed E-state index contributed by atoms with van der Waals surface area (Å²) >= 11 is 1.48. The van der Waals surface area contributed by atoms with Crippen molar-refractivity contribution in [2.45, 2.75) is 39.2 Å². The Morgan fingerprint density at radius 2 is 2.24 bits per heavy atom. The maximum Gasteiger partial charge on any atom is 0.240 e. The topological polar surface area (TPSA) is 57.3 Å². The lowest BCUT2D eigenvalue weighted by Crippen LogP contribution is -2.46. The number of anilines is 1. The monoisotopic (exact) mass is 332 g/mol. The molecule has 1 aromatic heterocycles. The number of amides is 1. The number of carbonyl (C=O) groups excluding carboxylic acids is 1. The van der Waals surface area contributed by atoms with Crippen LogP contribution >= 0.6 is 23.7 Å². The van der Waals surface area contributed by atoms with Gasteiger partial charge in [-0.25, -0.2) is 4.98 Å². The van der Waals surface area contributed by atoms with Crippen LogP contribution in [0.3, 0.4) is 0 Å². The summed E-state index contributed by atoms with van der Waals surface area (Å²) in [5.41, 5.74) is 0.953. The molecule has 2 rings (SSSR count). The summed E-state index contributed by atoms with van der Waals surface area (Å²) in [5.74, 6) is 0.0475. The molecule has 120 valence electrons. The fraction of sp³-hybridized carbons (Fsp3) is 0.714. The molecule has 0 radical (unpaired) electrons. The molecule has 1 aromatic rings. The highest BCUT2D eigenvalue weighted by molar-refractivity contribution is 7.13. The molecule has 1 fully saturated rings. The molecule has 21 heavy (non-hydrogen) atoms. The standard InChI is InChI=1S/C14H24N4OS.ClH/c1-3-8-18(12-4-6-15-7-5-12)9-13(19)17-14-16-11(2)10-20-14;/h10,12,15H,3-9H2,1-2H3,(H,16,17,19);1H. The highest BCUT2D eigenvalue weighted by atomic mass is 35.5. The molecule has 1 amide bonds.